The second kappa shape index (κ2) is 8.50. The summed E-state index contributed by atoms with van der Waals surface area (Å²) in [4.78, 5) is 39.2. The highest BCUT2D eigenvalue weighted by atomic mass is 19.1. The van der Waals surface area contributed by atoms with E-state index in [0.29, 0.717) is 49.1 Å². The molecule has 0 radical (unpaired) electrons. The molecule has 2 aromatic carbocycles. The minimum atomic E-state index is -0.500. The summed E-state index contributed by atoms with van der Waals surface area (Å²) in [6.07, 6.45) is 1.84. The van der Waals surface area contributed by atoms with E-state index in [9.17, 15) is 18.8 Å². The number of hydrogen-bond donors (Lipinski definition) is 1. The number of hydrogen-bond acceptors (Lipinski definition) is 5. The number of nitrogens with zero attached hydrogens (tertiary/aromatic N) is 3. The normalized spacial score (nSPS) is 14.6. The van der Waals surface area contributed by atoms with E-state index in [0.717, 1.165) is 0 Å². The fraction of sp³-hybridized carbons (Fsp3) is 0.250. The number of aromatic nitrogens is 3. The topological polar surface area (TPSA) is 101 Å². The Hall–Kier alpha value is -4.01. The zero-order chi connectivity index (χ0) is 22.9. The smallest absolute Gasteiger partial charge is 0.348 e. The molecule has 0 spiro atoms. The van der Waals surface area contributed by atoms with E-state index in [4.69, 9.17) is 4.42 Å². The average molecular weight is 448 g/mol. The fourth-order valence-electron chi connectivity index (χ4n) is 4.31. The summed E-state index contributed by atoms with van der Waals surface area (Å²) < 4.78 is 21.2. The lowest BCUT2D eigenvalue weighted by Crippen LogP contribution is -2.39. The SMILES string of the molecule is O=C(c1cc(=O)c2ccccc2o1)N1CCC(Cc2n[nH]c(=O)n2-c2ccccc2F)CC1. The number of carbonyl (C=O) groups excluding carboxylic acids is 1. The van der Waals surface area contributed by atoms with Crippen molar-refractivity contribution in [2.24, 2.45) is 5.92 Å². The predicted molar refractivity (Wildman–Crippen MR) is 119 cm³/mol. The number of H-pyrrole nitrogens is 1. The van der Waals surface area contributed by atoms with Gasteiger partial charge < -0.3 is 9.32 Å². The van der Waals surface area contributed by atoms with Gasteiger partial charge >= 0.3 is 5.69 Å². The van der Waals surface area contributed by atoms with Gasteiger partial charge in [0.1, 0.15) is 17.2 Å². The first-order valence-corrected chi connectivity index (χ1v) is 10.7. The molecule has 1 saturated heterocycles. The Kier molecular flexibility index (Phi) is 5.37. The van der Waals surface area contributed by atoms with Gasteiger partial charge in [-0.15, -0.1) is 0 Å². The number of benzene rings is 2. The number of aromatic amines is 1. The monoisotopic (exact) mass is 448 g/mol. The zero-order valence-corrected chi connectivity index (χ0v) is 17.7. The minimum Gasteiger partial charge on any atom is -0.451 e. The number of amides is 1. The van der Waals surface area contributed by atoms with Crippen molar-refractivity contribution in [2.45, 2.75) is 19.3 Å². The van der Waals surface area contributed by atoms with Gasteiger partial charge in [0, 0.05) is 25.6 Å². The van der Waals surface area contributed by atoms with E-state index < -0.39 is 11.5 Å². The van der Waals surface area contributed by atoms with E-state index in [-0.39, 0.29) is 28.7 Å². The lowest BCUT2D eigenvalue weighted by molar-refractivity contribution is 0.0658. The van der Waals surface area contributed by atoms with Gasteiger partial charge in [0.25, 0.3) is 5.91 Å². The first-order chi connectivity index (χ1) is 16.0. The summed E-state index contributed by atoms with van der Waals surface area (Å²) in [5.74, 6) is -0.175. The van der Waals surface area contributed by atoms with Crippen molar-refractivity contribution in [1.29, 1.82) is 0 Å². The highest BCUT2D eigenvalue weighted by molar-refractivity contribution is 5.93. The molecule has 0 saturated carbocycles. The molecular weight excluding hydrogens is 427 g/mol. The average Bonchev–Trinajstić information content (AvgIpc) is 3.19. The Morgan fingerprint density at radius 1 is 1.09 bits per heavy atom. The van der Waals surface area contributed by atoms with Crippen LogP contribution in [0.2, 0.25) is 0 Å². The van der Waals surface area contributed by atoms with Gasteiger partial charge in [-0.2, -0.15) is 5.10 Å². The summed E-state index contributed by atoms with van der Waals surface area (Å²) in [7, 11) is 0. The molecule has 3 heterocycles. The van der Waals surface area contributed by atoms with Crippen LogP contribution >= 0.6 is 0 Å². The van der Waals surface area contributed by atoms with Gasteiger partial charge in [-0.05, 0) is 43.0 Å². The maximum Gasteiger partial charge on any atom is 0.348 e. The van der Waals surface area contributed by atoms with Crippen LogP contribution in [0.15, 0.2) is 68.6 Å². The number of halogens is 1. The maximum atomic E-state index is 14.2. The molecule has 9 heteroatoms. The summed E-state index contributed by atoms with van der Waals surface area (Å²) in [5, 5.41) is 6.94. The molecule has 0 unspecified atom stereocenters. The van der Waals surface area contributed by atoms with E-state index >= 15 is 0 Å². The second-order valence-electron chi connectivity index (χ2n) is 8.14. The van der Waals surface area contributed by atoms with E-state index in [1.165, 1.54) is 22.8 Å². The molecule has 168 valence electrons. The molecule has 0 bridgehead atoms. The molecule has 0 aliphatic carbocycles. The van der Waals surface area contributed by atoms with E-state index in [1.807, 2.05) is 0 Å². The van der Waals surface area contributed by atoms with Crippen molar-refractivity contribution in [1.82, 2.24) is 19.7 Å². The van der Waals surface area contributed by atoms with Crippen molar-refractivity contribution < 1.29 is 13.6 Å². The third kappa shape index (κ3) is 3.97. The van der Waals surface area contributed by atoms with Crippen LogP contribution in [-0.4, -0.2) is 38.7 Å². The standard InChI is InChI=1S/C24H21FN4O4/c25-17-6-2-3-7-18(17)29-22(26-27-24(29)32)13-15-9-11-28(12-10-15)23(31)21-14-19(30)16-5-1-4-8-20(16)33-21/h1-8,14-15H,9-13H2,(H,27,32). The van der Waals surface area contributed by atoms with Gasteiger partial charge in [0.2, 0.25) is 0 Å². The van der Waals surface area contributed by atoms with Crippen molar-refractivity contribution in [3.05, 3.63) is 92.7 Å². The second-order valence-corrected chi connectivity index (χ2v) is 8.14. The lowest BCUT2D eigenvalue weighted by atomic mass is 9.93. The highest BCUT2D eigenvalue weighted by Crippen LogP contribution is 2.24. The van der Waals surface area contributed by atoms with Crippen LogP contribution in [0.5, 0.6) is 0 Å². The maximum absolute atomic E-state index is 14.2. The molecule has 4 aromatic rings. The van der Waals surface area contributed by atoms with Gasteiger partial charge in [-0.25, -0.2) is 18.9 Å². The Balaban J connectivity index is 1.29. The molecule has 5 rings (SSSR count). The van der Waals surface area contributed by atoms with Crippen LogP contribution < -0.4 is 11.1 Å². The molecule has 8 nitrogen and oxygen atoms in total. The first kappa shape index (κ1) is 20.9. The molecule has 1 aliphatic heterocycles. The fourth-order valence-corrected chi connectivity index (χ4v) is 4.31. The summed E-state index contributed by atoms with van der Waals surface area (Å²) in [6, 6.07) is 14.1. The van der Waals surface area contributed by atoms with Crippen LogP contribution in [0.3, 0.4) is 0 Å². The number of fused-ring (bicyclic) bond motifs is 1. The van der Waals surface area contributed by atoms with Gasteiger partial charge in [-0.1, -0.05) is 24.3 Å². The molecular formula is C24H21FN4O4. The van der Waals surface area contributed by atoms with Crippen molar-refractivity contribution >= 4 is 16.9 Å². The van der Waals surface area contributed by atoms with Crippen LogP contribution in [0.4, 0.5) is 4.39 Å². The zero-order valence-electron chi connectivity index (χ0n) is 17.7. The molecule has 0 atom stereocenters. The molecule has 1 N–H and O–H groups in total. The van der Waals surface area contributed by atoms with Crippen molar-refractivity contribution in [2.75, 3.05) is 13.1 Å². The first-order valence-electron chi connectivity index (χ1n) is 10.7. The number of likely N-dealkylation sites (tertiary alicyclic amines) is 1. The van der Waals surface area contributed by atoms with Gasteiger partial charge in [0.05, 0.1) is 11.1 Å². The third-order valence-electron chi connectivity index (χ3n) is 6.05. The van der Waals surface area contributed by atoms with Gasteiger partial charge in [-0.3, -0.25) is 9.59 Å². The predicted octanol–water partition coefficient (Wildman–Crippen LogP) is 2.90. The Bertz CT molecular complexity index is 1450. The Morgan fingerprint density at radius 2 is 1.82 bits per heavy atom. The number of carbonyl (C=O) groups is 1. The van der Waals surface area contributed by atoms with Crippen molar-refractivity contribution in [3.63, 3.8) is 0 Å². The van der Waals surface area contributed by atoms with Crippen LogP contribution in [0.25, 0.3) is 16.7 Å². The van der Waals surface area contributed by atoms with E-state index in [2.05, 4.69) is 10.2 Å². The van der Waals surface area contributed by atoms with E-state index in [1.54, 1.807) is 41.3 Å². The van der Waals surface area contributed by atoms with Crippen LogP contribution in [-0.2, 0) is 6.42 Å². The lowest BCUT2D eigenvalue weighted by Gasteiger charge is -2.31. The summed E-state index contributed by atoms with van der Waals surface area (Å²) in [5.41, 5.74) is -0.202. The summed E-state index contributed by atoms with van der Waals surface area (Å²) in [6.45, 7) is 0.961. The number of piperidine rings is 1. The van der Waals surface area contributed by atoms with Crippen LogP contribution in [0.1, 0.15) is 29.2 Å². The van der Waals surface area contributed by atoms with Crippen LogP contribution in [0, 0.1) is 11.7 Å². The molecule has 33 heavy (non-hydrogen) atoms. The number of para-hydroxylation sites is 2. The molecule has 1 amide bonds. The third-order valence-corrected chi connectivity index (χ3v) is 6.05. The Morgan fingerprint density at radius 3 is 2.61 bits per heavy atom. The highest BCUT2D eigenvalue weighted by Gasteiger charge is 2.27. The molecule has 2 aromatic heterocycles. The Labute approximate surface area is 187 Å². The largest absolute Gasteiger partial charge is 0.451 e. The number of nitrogens with one attached hydrogen (secondary N) is 1. The minimum absolute atomic E-state index is 0.0258. The quantitative estimate of drug-likeness (QED) is 0.517. The summed E-state index contributed by atoms with van der Waals surface area (Å²) >= 11 is 0. The van der Waals surface area contributed by atoms with Crippen molar-refractivity contribution in [3.8, 4) is 5.69 Å². The van der Waals surface area contributed by atoms with Gasteiger partial charge in [0.15, 0.2) is 11.2 Å². The number of rotatable bonds is 4. The molecule has 1 fully saturated rings. The molecule has 1 aliphatic rings.